The molecule has 1 aliphatic heterocycles. The fourth-order valence-corrected chi connectivity index (χ4v) is 2.83. The van der Waals surface area contributed by atoms with E-state index in [-0.39, 0.29) is 0 Å². The molecule has 0 amide bonds. The normalized spacial score (nSPS) is 24.4. The summed E-state index contributed by atoms with van der Waals surface area (Å²) in [5.41, 5.74) is 1.33. The second kappa shape index (κ2) is 6.69. The van der Waals surface area contributed by atoms with Gasteiger partial charge in [-0.1, -0.05) is 41.9 Å². The number of ether oxygens (including phenoxy) is 1. The molecule has 100 valence electrons. The zero-order valence-electron chi connectivity index (χ0n) is 11.2. The van der Waals surface area contributed by atoms with Crippen LogP contribution >= 0.6 is 15.9 Å². The van der Waals surface area contributed by atoms with Crippen LogP contribution in [0.3, 0.4) is 0 Å². The van der Waals surface area contributed by atoms with E-state index in [1.807, 2.05) is 0 Å². The van der Waals surface area contributed by atoms with Gasteiger partial charge in [-0.25, -0.2) is 0 Å². The molecule has 1 aliphatic rings. The van der Waals surface area contributed by atoms with Crippen LogP contribution in [-0.2, 0) is 11.3 Å². The van der Waals surface area contributed by atoms with E-state index in [1.54, 1.807) is 0 Å². The van der Waals surface area contributed by atoms with Crippen molar-refractivity contribution in [2.75, 3.05) is 6.61 Å². The maximum absolute atomic E-state index is 5.79. The van der Waals surface area contributed by atoms with Crippen LogP contribution in [0.2, 0.25) is 0 Å². The molecule has 0 spiro atoms. The lowest BCUT2D eigenvalue weighted by atomic mass is 9.95. The molecule has 0 bridgehead atoms. The fourth-order valence-electron chi connectivity index (χ4n) is 2.39. The molecule has 18 heavy (non-hydrogen) atoms. The maximum atomic E-state index is 5.79. The molecule has 1 aromatic rings. The summed E-state index contributed by atoms with van der Waals surface area (Å²) in [5.74, 6) is 0.612. The van der Waals surface area contributed by atoms with E-state index in [1.165, 1.54) is 5.56 Å². The highest BCUT2D eigenvalue weighted by molar-refractivity contribution is 9.10. The quantitative estimate of drug-likeness (QED) is 0.914. The fraction of sp³-hybridized carbons (Fsp3) is 0.600. The van der Waals surface area contributed by atoms with Crippen LogP contribution in [0, 0.1) is 5.92 Å². The lowest BCUT2D eigenvalue weighted by molar-refractivity contribution is -0.0245. The molecule has 1 N–H and O–H groups in total. The Morgan fingerprint density at radius 2 is 2.28 bits per heavy atom. The molecular formula is C15H22BrNO. The van der Waals surface area contributed by atoms with Crippen molar-refractivity contribution in [2.24, 2.45) is 5.92 Å². The van der Waals surface area contributed by atoms with Gasteiger partial charge in [0.05, 0.1) is 6.10 Å². The third-order valence-electron chi connectivity index (χ3n) is 3.54. The Morgan fingerprint density at radius 3 is 3.00 bits per heavy atom. The smallest absolute Gasteiger partial charge is 0.0612 e. The van der Waals surface area contributed by atoms with E-state index in [0.717, 1.165) is 30.5 Å². The minimum Gasteiger partial charge on any atom is -0.378 e. The Labute approximate surface area is 118 Å². The molecule has 2 rings (SSSR count). The third kappa shape index (κ3) is 4.08. The molecule has 1 heterocycles. The Bertz CT molecular complexity index is 381. The van der Waals surface area contributed by atoms with Crippen molar-refractivity contribution in [1.82, 2.24) is 5.32 Å². The number of hydrogen-bond acceptors (Lipinski definition) is 2. The van der Waals surface area contributed by atoms with Gasteiger partial charge in [0.15, 0.2) is 0 Å². The van der Waals surface area contributed by atoms with Crippen molar-refractivity contribution in [1.29, 1.82) is 0 Å². The summed E-state index contributed by atoms with van der Waals surface area (Å²) in [4.78, 5) is 0. The van der Waals surface area contributed by atoms with Crippen molar-refractivity contribution in [3.8, 4) is 0 Å². The molecule has 1 aromatic carbocycles. The van der Waals surface area contributed by atoms with Crippen LogP contribution in [-0.4, -0.2) is 18.8 Å². The van der Waals surface area contributed by atoms with E-state index in [4.69, 9.17) is 4.74 Å². The van der Waals surface area contributed by atoms with Crippen LogP contribution in [0.1, 0.15) is 32.3 Å². The first-order chi connectivity index (χ1) is 8.65. The highest BCUT2D eigenvalue weighted by atomic mass is 79.9. The maximum Gasteiger partial charge on any atom is 0.0612 e. The molecule has 1 fully saturated rings. The van der Waals surface area contributed by atoms with Gasteiger partial charge in [-0.15, -0.1) is 0 Å². The van der Waals surface area contributed by atoms with Gasteiger partial charge < -0.3 is 10.1 Å². The Balaban J connectivity index is 1.83. The first kappa shape index (κ1) is 14.0. The highest BCUT2D eigenvalue weighted by Gasteiger charge is 2.24. The number of halogens is 1. The standard InChI is InChI=1S/C15H22BrNO/c1-11(2)15-9-14(6-7-18-15)17-10-12-4-3-5-13(16)8-12/h3-5,8,11,14-15,17H,6-7,9-10H2,1-2H3. The van der Waals surface area contributed by atoms with Gasteiger partial charge in [-0.3, -0.25) is 0 Å². The Hall–Kier alpha value is -0.380. The number of rotatable bonds is 4. The summed E-state index contributed by atoms with van der Waals surface area (Å²) in [6.07, 6.45) is 2.67. The molecule has 0 saturated carbocycles. The van der Waals surface area contributed by atoms with Crippen LogP contribution < -0.4 is 5.32 Å². The van der Waals surface area contributed by atoms with Gasteiger partial charge in [-0.2, -0.15) is 0 Å². The van der Waals surface area contributed by atoms with Crippen molar-refractivity contribution < 1.29 is 4.74 Å². The van der Waals surface area contributed by atoms with E-state index >= 15 is 0 Å². The van der Waals surface area contributed by atoms with Crippen LogP contribution in [0.25, 0.3) is 0 Å². The molecule has 0 aromatic heterocycles. The van der Waals surface area contributed by atoms with E-state index in [2.05, 4.69) is 59.4 Å². The second-order valence-electron chi connectivity index (χ2n) is 5.39. The first-order valence-electron chi connectivity index (χ1n) is 6.74. The van der Waals surface area contributed by atoms with Gasteiger partial charge in [0, 0.05) is 23.7 Å². The van der Waals surface area contributed by atoms with Crippen LogP contribution in [0.4, 0.5) is 0 Å². The van der Waals surface area contributed by atoms with Crippen LogP contribution in [0.15, 0.2) is 28.7 Å². The molecule has 2 atom stereocenters. The average Bonchev–Trinajstić information content (AvgIpc) is 2.37. The SMILES string of the molecule is CC(C)C1CC(NCc2cccc(Br)c2)CCO1. The number of benzene rings is 1. The molecule has 0 radical (unpaired) electrons. The molecule has 1 saturated heterocycles. The molecule has 3 heteroatoms. The van der Waals surface area contributed by atoms with Gasteiger partial charge in [0.25, 0.3) is 0 Å². The Kier molecular flexibility index (Phi) is 5.22. The van der Waals surface area contributed by atoms with Crippen molar-refractivity contribution in [3.05, 3.63) is 34.3 Å². The van der Waals surface area contributed by atoms with Gasteiger partial charge in [0.1, 0.15) is 0 Å². The number of hydrogen-bond donors (Lipinski definition) is 1. The largest absolute Gasteiger partial charge is 0.378 e. The molecule has 2 nitrogen and oxygen atoms in total. The Morgan fingerprint density at radius 1 is 1.44 bits per heavy atom. The molecule has 0 aliphatic carbocycles. The van der Waals surface area contributed by atoms with Gasteiger partial charge >= 0.3 is 0 Å². The zero-order valence-corrected chi connectivity index (χ0v) is 12.7. The lowest BCUT2D eigenvalue weighted by Gasteiger charge is -2.32. The van der Waals surface area contributed by atoms with Crippen LogP contribution in [0.5, 0.6) is 0 Å². The lowest BCUT2D eigenvalue weighted by Crippen LogP contribution is -2.40. The minimum atomic E-state index is 0.416. The summed E-state index contributed by atoms with van der Waals surface area (Å²) < 4.78 is 6.94. The summed E-state index contributed by atoms with van der Waals surface area (Å²) in [7, 11) is 0. The first-order valence-corrected chi connectivity index (χ1v) is 7.54. The second-order valence-corrected chi connectivity index (χ2v) is 6.30. The summed E-state index contributed by atoms with van der Waals surface area (Å²) in [6, 6.07) is 9.07. The summed E-state index contributed by atoms with van der Waals surface area (Å²) >= 11 is 3.51. The third-order valence-corrected chi connectivity index (χ3v) is 4.04. The summed E-state index contributed by atoms with van der Waals surface area (Å²) in [5, 5.41) is 3.65. The van der Waals surface area contributed by atoms with Crippen molar-refractivity contribution >= 4 is 15.9 Å². The summed E-state index contributed by atoms with van der Waals surface area (Å²) in [6.45, 7) is 6.30. The average molecular weight is 312 g/mol. The van der Waals surface area contributed by atoms with Crippen molar-refractivity contribution in [2.45, 2.75) is 45.4 Å². The van der Waals surface area contributed by atoms with E-state index in [9.17, 15) is 0 Å². The predicted molar refractivity (Wildman–Crippen MR) is 78.6 cm³/mol. The van der Waals surface area contributed by atoms with Crippen molar-refractivity contribution in [3.63, 3.8) is 0 Å². The number of nitrogens with one attached hydrogen (secondary N) is 1. The van der Waals surface area contributed by atoms with Gasteiger partial charge in [-0.05, 0) is 36.5 Å². The molecular weight excluding hydrogens is 290 g/mol. The molecule has 2 unspecified atom stereocenters. The topological polar surface area (TPSA) is 21.3 Å². The van der Waals surface area contributed by atoms with E-state index < -0.39 is 0 Å². The predicted octanol–water partition coefficient (Wildman–Crippen LogP) is 3.74. The minimum absolute atomic E-state index is 0.416. The van der Waals surface area contributed by atoms with Gasteiger partial charge in [0.2, 0.25) is 0 Å². The van der Waals surface area contributed by atoms with E-state index in [0.29, 0.717) is 18.1 Å². The monoisotopic (exact) mass is 311 g/mol. The zero-order chi connectivity index (χ0) is 13.0. The highest BCUT2D eigenvalue weighted by Crippen LogP contribution is 2.20.